The number of aromatic nitrogens is 2. The van der Waals surface area contributed by atoms with Crippen molar-refractivity contribution in [1.29, 1.82) is 0 Å². The van der Waals surface area contributed by atoms with Crippen LogP contribution in [0.15, 0.2) is 11.1 Å². The minimum atomic E-state index is 0.143. The molecule has 0 saturated carbocycles. The summed E-state index contributed by atoms with van der Waals surface area (Å²) in [4.78, 5) is 6.82. The van der Waals surface area contributed by atoms with Gasteiger partial charge >= 0.3 is 0 Å². The lowest BCUT2D eigenvalue weighted by Crippen LogP contribution is -2.72. The van der Waals surface area contributed by atoms with E-state index in [2.05, 4.69) is 65.7 Å². The molecule has 0 unspecified atom stereocenters. The van der Waals surface area contributed by atoms with Crippen LogP contribution in [-0.4, -0.2) is 46.3 Å². The molecule has 1 N–H and O–H groups in total. The Labute approximate surface area is 134 Å². The summed E-state index contributed by atoms with van der Waals surface area (Å²) < 4.78 is 2.08. The summed E-state index contributed by atoms with van der Waals surface area (Å²) in [5.74, 6) is 1.01. The number of rotatable bonds is 4. The van der Waals surface area contributed by atoms with Gasteiger partial charge in [-0.25, -0.2) is 0 Å². The molecule has 0 amide bonds. The fraction of sp³-hybridized carbons (Fsp3) is 0.765. The van der Waals surface area contributed by atoms with Crippen LogP contribution in [0.4, 0.5) is 0 Å². The minimum Gasteiger partial charge on any atom is -0.356 e. The van der Waals surface area contributed by atoms with Crippen LogP contribution in [0.25, 0.3) is 0 Å². The van der Waals surface area contributed by atoms with Crippen molar-refractivity contribution in [3.63, 3.8) is 0 Å². The number of hydrogen-bond donors (Lipinski definition) is 1. The Bertz CT molecular complexity index is 553. The van der Waals surface area contributed by atoms with Crippen LogP contribution in [-0.2, 0) is 6.54 Å². The SMILES string of the molecule is CN=C(NCCCn1nc(C)cc1C)N1CC(C)(C)C1(C)C. The van der Waals surface area contributed by atoms with E-state index < -0.39 is 0 Å². The molecule has 0 aromatic carbocycles. The monoisotopic (exact) mass is 305 g/mol. The molecule has 0 atom stereocenters. The molecule has 0 aliphatic carbocycles. The molecule has 1 aliphatic heterocycles. The van der Waals surface area contributed by atoms with Gasteiger partial charge in [-0.1, -0.05) is 13.8 Å². The van der Waals surface area contributed by atoms with Crippen molar-refractivity contribution >= 4 is 5.96 Å². The Morgan fingerprint density at radius 2 is 2.00 bits per heavy atom. The first-order valence-corrected chi connectivity index (χ1v) is 8.18. The van der Waals surface area contributed by atoms with Gasteiger partial charge in [0.2, 0.25) is 0 Å². The molecule has 1 aliphatic rings. The van der Waals surface area contributed by atoms with Gasteiger partial charge < -0.3 is 10.2 Å². The Kier molecular flexibility index (Phi) is 4.54. The summed E-state index contributed by atoms with van der Waals surface area (Å²) in [6.07, 6.45) is 1.04. The van der Waals surface area contributed by atoms with E-state index in [1.54, 1.807) is 0 Å². The lowest BCUT2D eigenvalue weighted by molar-refractivity contribution is -0.0667. The average Bonchev–Trinajstić information content (AvgIpc) is 2.75. The first-order valence-electron chi connectivity index (χ1n) is 8.18. The zero-order valence-corrected chi connectivity index (χ0v) is 15.2. The predicted octanol–water partition coefficient (Wildman–Crippen LogP) is 2.59. The van der Waals surface area contributed by atoms with E-state index in [0.717, 1.165) is 37.7 Å². The highest BCUT2D eigenvalue weighted by Crippen LogP contribution is 2.46. The molecule has 124 valence electrons. The van der Waals surface area contributed by atoms with E-state index in [4.69, 9.17) is 0 Å². The third-order valence-corrected chi connectivity index (χ3v) is 5.29. The maximum absolute atomic E-state index is 4.50. The minimum absolute atomic E-state index is 0.143. The molecule has 1 saturated heterocycles. The number of aliphatic imine (C=N–C) groups is 1. The molecule has 1 aromatic rings. The standard InChI is InChI=1S/C17H31N5/c1-13-11-14(2)22(20-13)10-8-9-19-15(18-7)21-12-16(3,4)17(21,5)6/h11H,8-10,12H2,1-7H3,(H,18,19). The zero-order chi connectivity index (χ0) is 16.5. The number of likely N-dealkylation sites (tertiary alicyclic amines) is 1. The first-order chi connectivity index (χ1) is 10.2. The van der Waals surface area contributed by atoms with Crippen molar-refractivity contribution in [3.05, 3.63) is 17.5 Å². The molecule has 1 fully saturated rings. The Morgan fingerprint density at radius 3 is 2.45 bits per heavy atom. The second kappa shape index (κ2) is 5.94. The summed E-state index contributed by atoms with van der Waals surface area (Å²) in [6, 6.07) is 2.12. The Balaban J connectivity index is 1.82. The van der Waals surface area contributed by atoms with Crippen molar-refractivity contribution in [2.75, 3.05) is 20.1 Å². The van der Waals surface area contributed by atoms with Crippen LogP contribution in [0.1, 0.15) is 45.5 Å². The number of nitrogens with zero attached hydrogens (tertiary/aromatic N) is 4. The van der Waals surface area contributed by atoms with Gasteiger partial charge in [0.1, 0.15) is 0 Å². The van der Waals surface area contributed by atoms with Crippen molar-refractivity contribution in [2.24, 2.45) is 10.4 Å². The van der Waals surface area contributed by atoms with Gasteiger partial charge in [-0.3, -0.25) is 9.67 Å². The van der Waals surface area contributed by atoms with Crippen LogP contribution < -0.4 is 5.32 Å². The van der Waals surface area contributed by atoms with E-state index in [0.29, 0.717) is 5.41 Å². The summed E-state index contributed by atoms with van der Waals surface area (Å²) in [5, 5.41) is 8.00. The van der Waals surface area contributed by atoms with Gasteiger partial charge in [0.25, 0.3) is 0 Å². The molecule has 2 rings (SSSR count). The largest absolute Gasteiger partial charge is 0.356 e. The molecule has 0 radical (unpaired) electrons. The smallest absolute Gasteiger partial charge is 0.194 e. The molecule has 0 bridgehead atoms. The van der Waals surface area contributed by atoms with Crippen molar-refractivity contribution < 1.29 is 0 Å². The van der Waals surface area contributed by atoms with Crippen molar-refractivity contribution in [1.82, 2.24) is 20.0 Å². The topological polar surface area (TPSA) is 45.5 Å². The highest BCUT2D eigenvalue weighted by molar-refractivity contribution is 5.81. The van der Waals surface area contributed by atoms with Gasteiger partial charge in [-0.2, -0.15) is 5.10 Å². The molecule has 22 heavy (non-hydrogen) atoms. The maximum atomic E-state index is 4.50. The van der Waals surface area contributed by atoms with Gasteiger partial charge in [0, 0.05) is 43.3 Å². The summed E-state index contributed by atoms with van der Waals surface area (Å²) in [6.45, 7) is 16.3. The normalized spacial score (nSPS) is 20.0. The third-order valence-electron chi connectivity index (χ3n) is 5.29. The molecule has 1 aromatic heterocycles. The molecule has 2 heterocycles. The second-order valence-corrected chi connectivity index (χ2v) is 7.51. The number of aryl methyl sites for hydroxylation is 3. The first kappa shape index (κ1) is 16.8. The summed E-state index contributed by atoms with van der Waals surface area (Å²) in [5.41, 5.74) is 2.79. The predicted molar refractivity (Wildman–Crippen MR) is 92.2 cm³/mol. The lowest BCUT2D eigenvalue weighted by Gasteiger charge is -2.62. The number of guanidine groups is 1. The Morgan fingerprint density at radius 1 is 1.32 bits per heavy atom. The van der Waals surface area contributed by atoms with E-state index in [1.807, 2.05) is 14.0 Å². The van der Waals surface area contributed by atoms with Gasteiger partial charge in [-0.05, 0) is 40.2 Å². The fourth-order valence-corrected chi connectivity index (χ4v) is 3.03. The van der Waals surface area contributed by atoms with E-state index in [9.17, 15) is 0 Å². The molecule has 0 spiro atoms. The lowest BCUT2D eigenvalue weighted by atomic mass is 9.65. The van der Waals surface area contributed by atoms with E-state index in [1.165, 1.54) is 5.69 Å². The number of nitrogens with one attached hydrogen (secondary N) is 1. The van der Waals surface area contributed by atoms with Crippen molar-refractivity contribution in [2.45, 2.75) is 60.0 Å². The van der Waals surface area contributed by atoms with Crippen LogP contribution >= 0.6 is 0 Å². The van der Waals surface area contributed by atoms with Gasteiger partial charge in [-0.15, -0.1) is 0 Å². The van der Waals surface area contributed by atoms with Crippen LogP contribution in [0.2, 0.25) is 0 Å². The molecule has 5 heteroatoms. The van der Waals surface area contributed by atoms with E-state index in [-0.39, 0.29) is 5.54 Å². The van der Waals surface area contributed by atoms with Crippen molar-refractivity contribution in [3.8, 4) is 0 Å². The fourth-order valence-electron chi connectivity index (χ4n) is 3.03. The van der Waals surface area contributed by atoms with E-state index >= 15 is 0 Å². The molecule has 5 nitrogen and oxygen atoms in total. The third kappa shape index (κ3) is 2.99. The average molecular weight is 305 g/mol. The molecular formula is C17H31N5. The zero-order valence-electron chi connectivity index (χ0n) is 15.2. The van der Waals surface area contributed by atoms with Gasteiger partial charge in [0.05, 0.1) is 5.69 Å². The highest BCUT2D eigenvalue weighted by atomic mass is 15.4. The quantitative estimate of drug-likeness (QED) is 0.528. The second-order valence-electron chi connectivity index (χ2n) is 7.51. The number of hydrogen-bond acceptors (Lipinski definition) is 2. The van der Waals surface area contributed by atoms with Crippen LogP contribution in [0.3, 0.4) is 0 Å². The molecular weight excluding hydrogens is 274 g/mol. The van der Waals surface area contributed by atoms with Crippen LogP contribution in [0, 0.1) is 19.3 Å². The van der Waals surface area contributed by atoms with Crippen LogP contribution in [0.5, 0.6) is 0 Å². The maximum Gasteiger partial charge on any atom is 0.194 e. The summed E-state index contributed by atoms with van der Waals surface area (Å²) in [7, 11) is 1.87. The highest BCUT2D eigenvalue weighted by Gasteiger charge is 2.53. The van der Waals surface area contributed by atoms with Gasteiger partial charge in [0.15, 0.2) is 5.96 Å². The Hall–Kier alpha value is -1.52. The summed E-state index contributed by atoms with van der Waals surface area (Å²) >= 11 is 0.